The summed E-state index contributed by atoms with van der Waals surface area (Å²) in [5, 5.41) is 7.11. The van der Waals surface area contributed by atoms with Crippen LogP contribution in [0.15, 0.2) is 84.9 Å². The molecule has 2 unspecified atom stereocenters. The number of nitrogens with zero attached hydrogens (tertiary/aromatic N) is 3. The number of hydrogen-bond donors (Lipinski definition) is 1. The first-order chi connectivity index (χ1) is 17.7. The zero-order chi connectivity index (χ0) is 26.2. The second-order valence-electron chi connectivity index (χ2n) is 9.07. The fourth-order valence-corrected chi connectivity index (χ4v) is 4.79. The molecule has 190 valence electrons. The second-order valence-corrected chi connectivity index (χ2v) is 9.45. The molecule has 0 fully saturated rings. The molecular formula is C28H24ClF3N4O. The van der Waals surface area contributed by atoms with Crippen LogP contribution in [0.5, 0.6) is 0 Å². The highest BCUT2D eigenvalue weighted by Crippen LogP contribution is 2.46. The zero-order valence-electron chi connectivity index (χ0n) is 19.9. The molecule has 4 aromatic rings. The highest BCUT2D eigenvalue weighted by Gasteiger charge is 2.48. The quantitative estimate of drug-likeness (QED) is 0.297. The third-order valence-corrected chi connectivity index (χ3v) is 6.83. The lowest BCUT2D eigenvalue weighted by atomic mass is 9.96. The maximum Gasteiger partial charge on any atom is 0.410 e. The van der Waals surface area contributed by atoms with E-state index in [1.54, 1.807) is 36.4 Å². The van der Waals surface area contributed by atoms with Crippen LogP contribution in [0.25, 0.3) is 0 Å². The number of alkyl halides is 3. The monoisotopic (exact) mass is 524 g/mol. The summed E-state index contributed by atoms with van der Waals surface area (Å²) in [4.78, 5) is 15.3. The summed E-state index contributed by atoms with van der Waals surface area (Å²) in [7, 11) is 0. The first kappa shape index (κ1) is 24.9. The lowest BCUT2D eigenvalue weighted by Gasteiger charge is -2.33. The van der Waals surface area contributed by atoms with Crippen LogP contribution in [0.1, 0.15) is 45.7 Å². The third-order valence-electron chi connectivity index (χ3n) is 6.47. The van der Waals surface area contributed by atoms with Crippen molar-refractivity contribution in [2.75, 3.05) is 10.2 Å². The van der Waals surface area contributed by atoms with Crippen molar-refractivity contribution in [3.63, 3.8) is 0 Å². The number of benzene rings is 3. The topological polar surface area (TPSA) is 50.2 Å². The summed E-state index contributed by atoms with van der Waals surface area (Å²) in [5.41, 5.74) is 2.90. The van der Waals surface area contributed by atoms with Crippen LogP contribution >= 0.6 is 11.6 Å². The summed E-state index contributed by atoms with van der Waals surface area (Å²) in [5.74, 6) is -0.603. The maximum absolute atomic E-state index is 14.2. The van der Waals surface area contributed by atoms with E-state index in [-0.39, 0.29) is 29.5 Å². The predicted molar refractivity (Wildman–Crippen MR) is 138 cm³/mol. The molecule has 5 rings (SSSR count). The van der Waals surface area contributed by atoms with Crippen molar-refractivity contribution in [1.29, 1.82) is 0 Å². The second kappa shape index (κ2) is 9.94. The van der Waals surface area contributed by atoms with Crippen molar-refractivity contribution in [2.24, 2.45) is 0 Å². The van der Waals surface area contributed by atoms with Crippen molar-refractivity contribution in [1.82, 2.24) is 9.78 Å². The Morgan fingerprint density at radius 1 is 1.03 bits per heavy atom. The van der Waals surface area contributed by atoms with E-state index in [1.165, 1.54) is 4.90 Å². The lowest BCUT2D eigenvalue weighted by molar-refractivity contribution is -0.173. The molecule has 3 aromatic carbocycles. The molecule has 2 atom stereocenters. The minimum atomic E-state index is -4.58. The van der Waals surface area contributed by atoms with E-state index in [9.17, 15) is 18.0 Å². The van der Waals surface area contributed by atoms with Crippen LogP contribution in [0.3, 0.4) is 0 Å². The minimum Gasteiger partial charge on any atom is -0.362 e. The van der Waals surface area contributed by atoms with Gasteiger partial charge in [-0.3, -0.25) is 4.79 Å². The van der Waals surface area contributed by atoms with Gasteiger partial charge in [0, 0.05) is 12.1 Å². The minimum absolute atomic E-state index is 0.0168. The van der Waals surface area contributed by atoms with Gasteiger partial charge < -0.3 is 10.2 Å². The maximum atomic E-state index is 14.2. The molecule has 0 spiro atoms. The van der Waals surface area contributed by atoms with Crippen LogP contribution < -0.4 is 10.2 Å². The number of hydrogen-bond acceptors (Lipinski definition) is 3. The van der Waals surface area contributed by atoms with E-state index in [1.807, 2.05) is 55.5 Å². The van der Waals surface area contributed by atoms with Gasteiger partial charge in [-0.05, 0) is 30.2 Å². The average Bonchev–Trinajstić information content (AvgIpc) is 3.23. The SMILES string of the molecule is Cc1ccc(C2CC(C(F)(F)F)n3nc(C(=O)N(Cc4ccccc4)c4ccccc4)c(Cl)c3N2)cc1. The summed E-state index contributed by atoms with van der Waals surface area (Å²) < 4.78 is 43.4. The Labute approximate surface area is 217 Å². The van der Waals surface area contributed by atoms with Gasteiger partial charge in [0.1, 0.15) is 10.8 Å². The van der Waals surface area contributed by atoms with Crippen LogP contribution in [-0.2, 0) is 6.54 Å². The standard InChI is InChI=1S/C28H24ClF3N4O/c1-18-12-14-20(15-13-18)22-16-23(28(30,31)32)36-26(33-22)24(29)25(34-36)27(37)35(21-10-6-3-7-11-21)17-19-8-4-2-5-9-19/h2-15,22-23,33H,16-17H2,1H3. The molecule has 1 aromatic heterocycles. The molecule has 1 amide bonds. The molecular weight excluding hydrogens is 501 g/mol. The number of anilines is 2. The summed E-state index contributed by atoms with van der Waals surface area (Å²) >= 11 is 6.60. The zero-order valence-corrected chi connectivity index (χ0v) is 20.7. The number of aryl methyl sites for hydroxylation is 1. The third kappa shape index (κ3) is 5.06. The van der Waals surface area contributed by atoms with Crippen molar-refractivity contribution in [3.8, 4) is 0 Å². The van der Waals surface area contributed by atoms with E-state index in [0.717, 1.165) is 15.8 Å². The van der Waals surface area contributed by atoms with Gasteiger partial charge in [0.2, 0.25) is 0 Å². The molecule has 0 radical (unpaired) electrons. The molecule has 1 N–H and O–H groups in total. The number of para-hydroxylation sites is 1. The van der Waals surface area contributed by atoms with E-state index < -0.39 is 24.2 Å². The smallest absolute Gasteiger partial charge is 0.362 e. The van der Waals surface area contributed by atoms with Gasteiger partial charge >= 0.3 is 6.18 Å². The number of rotatable bonds is 5. The number of carbonyl (C=O) groups excluding carboxylic acids is 1. The Hall–Kier alpha value is -3.78. The molecule has 5 nitrogen and oxygen atoms in total. The van der Waals surface area contributed by atoms with Crippen LogP contribution in [0.2, 0.25) is 5.02 Å². The number of halogens is 4. The van der Waals surface area contributed by atoms with Gasteiger partial charge in [-0.1, -0.05) is 90.0 Å². The van der Waals surface area contributed by atoms with Gasteiger partial charge in [0.05, 0.1) is 12.6 Å². The van der Waals surface area contributed by atoms with E-state index in [4.69, 9.17) is 11.6 Å². The number of amides is 1. The van der Waals surface area contributed by atoms with Crippen molar-refractivity contribution in [2.45, 2.75) is 38.1 Å². The molecule has 0 saturated carbocycles. The van der Waals surface area contributed by atoms with Crippen molar-refractivity contribution < 1.29 is 18.0 Å². The van der Waals surface area contributed by atoms with E-state index in [2.05, 4.69) is 10.4 Å². The number of carbonyl (C=O) groups is 1. The van der Waals surface area contributed by atoms with E-state index in [0.29, 0.717) is 11.3 Å². The first-order valence-electron chi connectivity index (χ1n) is 11.8. The molecule has 0 bridgehead atoms. The Morgan fingerprint density at radius 2 is 1.65 bits per heavy atom. The Balaban J connectivity index is 1.55. The highest BCUT2D eigenvalue weighted by atomic mass is 35.5. The van der Waals surface area contributed by atoms with Gasteiger partial charge in [-0.25, -0.2) is 4.68 Å². The van der Waals surface area contributed by atoms with Gasteiger partial charge in [-0.2, -0.15) is 18.3 Å². The molecule has 0 aliphatic carbocycles. The number of fused-ring (bicyclic) bond motifs is 1. The largest absolute Gasteiger partial charge is 0.410 e. The van der Waals surface area contributed by atoms with Crippen LogP contribution in [-0.4, -0.2) is 21.9 Å². The van der Waals surface area contributed by atoms with Crippen molar-refractivity contribution in [3.05, 3.63) is 112 Å². The Kier molecular flexibility index (Phi) is 6.69. The average molecular weight is 525 g/mol. The summed E-state index contributed by atoms with van der Waals surface area (Å²) in [6, 6.07) is 22.9. The van der Waals surface area contributed by atoms with Crippen LogP contribution in [0.4, 0.5) is 24.7 Å². The fourth-order valence-electron chi connectivity index (χ4n) is 4.53. The number of aromatic nitrogens is 2. The van der Waals surface area contributed by atoms with Gasteiger partial charge in [0.15, 0.2) is 11.7 Å². The predicted octanol–water partition coefficient (Wildman–Crippen LogP) is 7.35. The fraction of sp³-hybridized carbons (Fsp3) is 0.214. The lowest BCUT2D eigenvalue weighted by Crippen LogP contribution is -2.36. The molecule has 1 aliphatic heterocycles. The molecule has 9 heteroatoms. The number of nitrogens with one attached hydrogen (secondary N) is 1. The van der Waals surface area contributed by atoms with E-state index >= 15 is 0 Å². The molecule has 37 heavy (non-hydrogen) atoms. The van der Waals surface area contributed by atoms with Gasteiger partial charge in [0.25, 0.3) is 5.91 Å². The van der Waals surface area contributed by atoms with Gasteiger partial charge in [-0.15, -0.1) is 0 Å². The summed E-state index contributed by atoms with van der Waals surface area (Å²) in [6.07, 6.45) is -4.86. The van der Waals surface area contributed by atoms with Crippen molar-refractivity contribution >= 4 is 29.0 Å². The highest BCUT2D eigenvalue weighted by molar-refractivity contribution is 6.36. The Morgan fingerprint density at radius 3 is 2.27 bits per heavy atom. The Bertz CT molecular complexity index is 1390. The summed E-state index contributed by atoms with van der Waals surface area (Å²) in [6.45, 7) is 2.11. The first-order valence-corrected chi connectivity index (χ1v) is 12.2. The molecule has 2 heterocycles. The molecule has 1 aliphatic rings. The van der Waals surface area contributed by atoms with Crippen LogP contribution in [0, 0.1) is 6.92 Å². The normalized spacial score (nSPS) is 17.1. The molecule has 0 saturated heterocycles.